The van der Waals surface area contributed by atoms with Crippen molar-refractivity contribution in [2.75, 3.05) is 32.5 Å². The number of unbranched alkanes of at least 4 members (excludes halogenated alkanes) is 1. The lowest BCUT2D eigenvalue weighted by Gasteiger charge is -2.21. The summed E-state index contributed by atoms with van der Waals surface area (Å²) in [5.74, 6) is 1.34. The molecule has 0 fully saturated rings. The molecule has 0 radical (unpaired) electrons. The number of anilines is 1. The Morgan fingerprint density at radius 1 is 1.39 bits per heavy atom. The third kappa shape index (κ3) is 8.73. The van der Waals surface area contributed by atoms with Crippen LogP contribution in [0.1, 0.15) is 31.7 Å². The summed E-state index contributed by atoms with van der Waals surface area (Å²) in [6.07, 6.45) is 4.37. The maximum atomic E-state index is 11.9. The number of aryl methyl sites for hydroxylation is 1. The van der Waals surface area contributed by atoms with Crippen molar-refractivity contribution in [2.24, 2.45) is 4.99 Å². The maximum absolute atomic E-state index is 11.9. The second-order valence-corrected chi connectivity index (χ2v) is 5.27. The SMILES string of the molecule is CCCCN(C)C(=NC)NCCC(=O)Nc1ccc(C)cn1.I. The number of carbonyl (C=O) groups excluding carboxylic acids is 1. The Kier molecular flexibility index (Phi) is 11.4. The maximum Gasteiger partial charge on any atom is 0.227 e. The largest absolute Gasteiger partial charge is 0.356 e. The first-order chi connectivity index (χ1) is 10.6. The zero-order valence-electron chi connectivity index (χ0n) is 14.4. The van der Waals surface area contributed by atoms with E-state index in [0.717, 1.165) is 30.9 Å². The van der Waals surface area contributed by atoms with Crippen LogP contribution in [0.15, 0.2) is 23.3 Å². The fourth-order valence-electron chi connectivity index (χ4n) is 1.92. The summed E-state index contributed by atoms with van der Waals surface area (Å²) in [5.41, 5.74) is 1.07. The van der Waals surface area contributed by atoms with Crippen LogP contribution >= 0.6 is 24.0 Å². The number of hydrogen-bond acceptors (Lipinski definition) is 3. The van der Waals surface area contributed by atoms with Crippen molar-refractivity contribution >= 4 is 41.7 Å². The molecule has 0 atom stereocenters. The Morgan fingerprint density at radius 3 is 2.70 bits per heavy atom. The normalized spacial score (nSPS) is 10.7. The Bertz CT molecular complexity index is 490. The summed E-state index contributed by atoms with van der Waals surface area (Å²) in [5, 5.41) is 5.98. The van der Waals surface area contributed by atoms with Gasteiger partial charge in [-0.25, -0.2) is 4.98 Å². The molecule has 1 heterocycles. The third-order valence-electron chi connectivity index (χ3n) is 3.23. The number of amides is 1. The molecule has 0 saturated heterocycles. The lowest BCUT2D eigenvalue weighted by atomic mass is 10.3. The predicted octanol–water partition coefficient (Wildman–Crippen LogP) is 2.64. The van der Waals surface area contributed by atoms with E-state index in [1.54, 1.807) is 19.3 Å². The third-order valence-corrected chi connectivity index (χ3v) is 3.23. The Labute approximate surface area is 156 Å². The van der Waals surface area contributed by atoms with E-state index in [0.29, 0.717) is 18.8 Å². The van der Waals surface area contributed by atoms with Gasteiger partial charge in [-0.1, -0.05) is 19.4 Å². The van der Waals surface area contributed by atoms with Gasteiger partial charge in [-0.3, -0.25) is 9.79 Å². The highest BCUT2D eigenvalue weighted by atomic mass is 127. The van der Waals surface area contributed by atoms with Crippen LogP contribution in [0.2, 0.25) is 0 Å². The molecular weight excluding hydrogens is 405 g/mol. The van der Waals surface area contributed by atoms with E-state index in [1.807, 2.05) is 20.0 Å². The van der Waals surface area contributed by atoms with Gasteiger partial charge in [0, 0.05) is 39.8 Å². The Morgan fingerprint density at radius 2 is 2.13 bits per heavy atom. The molecule has 130 valence electrons. The quantitative estimate of drug-likeness (QED) is 0.394. The van der Waals surface area contributed by atoms with Crippen molar-refractivity contribution in [2.45, 2.75) is 33.1 Å². The number of carbonyl (C=O) groups is 1. The summed E-state index contributed by atoms with van der Waals surface area (Å²) >= 11 is 0. The molecule has 23 heavy (non-hydrogen) atoms. The number of rotatable bonds is 7. The number of pyridine rings is 1. The number of aromatic nitrogens is 1. The van der Waals surface area contributed by atoms with Gasteiger partial charge in [0.1, 0.15) is 5.82 Å². The summed E-state index contributed by atoms with van der Waals surface area (Å²) in [6, 6.07) is 3.73. The van der Waals surface area contributed by atoms with E-state index >= 15 is 0 Å². The van der Waals surface area contributed by atoms with Crippen LogP contribution in [0.25, 0.3) is 0 Å². The fraction of sp³-hybridized carbons (Fsp3) is 0.562. The standard InChI is InChI=1S/C16H27N5O.HI/c1-5-6-11-21(4)16(17-3)18-10-9-15(22)20-14-8-7-13(2)12-19-14;/h7-8,12H,5-6,9-11H2,1-4H3,(H,17,18)(H,19,20,22);1H. The lowest BCUT2D eigenvalue weighted by Crippen LogP contribution is -2.40. The van der Waals surface area contributed by atoms with Gasteiger partial charge in [0.25, 0.3) is 0 Å². The zero-order valence-corrected chi connectivity index (χ0v) is 16.8. The molecule has 0 aromatic carbocycles. The van der Waals surface area contributed by atoms with Crippen LogP contribution in [-0.2, 0) is 4.79 Å². The summed E-state index contributed by atoms with van der Waals surface area (Å²) in [4.78, 5) is 22.3. The molecule has 0 bridgehead atoms. The van der Waals surface area contributed by atoms with Gasteiger partial charge in [-0.15, -0.1) is 24.0 Å². The number of aliphatic imine (C=N–C) groups is 1. The van der Waals surface area contributed by atoms with Gasteiger partial charge in [-0.2, -0.15) is 0 Å². The highest BCUT2D eigenvalue weighted by molar-refractivity contribution is 14.0. The first kappa shape index (κ1) is 21.6. The van der Waals surface area contributed by atoms with Crippen LogP contribution in [0.5, 0.6) is 0 Å². The smallest absolute Gasteiger partial charge is 0.227 e. The van der Waals surface area contributed by atoms with E-state index < -0.39 is 0 Å². The molecule has 7 heteroatoms. The molecule has 0 aliphatic heterocycles. The number of guanidine groups is 1. The average Bonchev–Trinajstić information content (AvgIpc) is 2.51. The van der Waals surface area contributed by atoms with Crippen molar-refractivity contribution in [3.05, 3.63) is 23.9 Å². The number of nitrogens with one attached hydrogen (secondary N) is 2. The monoisotopic (exact) mass is 433 g/mol. The van der Waals surface area contributed by atoms with Crippen LogP contribution in [0.4, 0.5) is 5.82 Å². The molecule has 0 saturated carbocycles. The highest BCUT2D eigenvalue weighted by Gasteiger charge is 2.07. The van der Waals surface area contributed by atoms with Crippen LogP contribution in [-0.4, -0.2) is 48.9 Å². The zero-order chi connectivity index (χ0) is 16.4. The van der Waals surface area contributed by atoms with Gasteiger partial charge < -0.3 is 15.5 Å². The fourth-order valence-corrected chi connectivity index (χ4v) is 1.92. The molecule has 0 aliphatic carbocycles. The molecule has 0 spiro atoms. The molecule has 1 aromatic rings. The van der Waals surface area contributed by atoms with Crippen LogP contribution in [0, 0.1) is 6.92 Å². The topological polar surface area (TPSA) is 69.6 Å². The van der Waals surface area contributed by atoms with Gasteiger partial charge >= 0.3 is 0 Å². The Balaban J connectivity index is 0.00000484. The molecular formula is C16H28IN5O. The van der Waals surface area contributed by atoms with Crippen molar-refractivity contribution < 1.29 is 4.79 Å². The minimum Gasteiger partial charge on any atom is -0.356 e. The van der Waals surface area contributed by atoms with Crippen LogP contribution < -0.4 is 10.6 Å². The van der Waals surface area contributed by atoms with E-state index in [9.17, 15) is 4.79 Å². The molecule has 1 amide bonds. The minimum atomic E-state index is -0.0597. The second kappa shape index (κ2) is 12.1. The second-order valence-electron chi connectivity index (χ2n) is 5.27. The lowest BCUT2D eigenvalue weighted by molar-refractivity contribution is -0.116. The van der Waals surface area contributed by atoms with E-state index in [1.165, 1.54) is 0 Å². The van der Waals surface area contributed by atoms with Crippen molar-refractivity contribution in [3.63, 3.8) is 0 Å². The van der Waals surface area contributed by atoms with Crippen molar-refractivity contribution in [1.29, 1.82) is 0 Å². The van der Waals surface area contributed by atoms with E-state index in [2.05, 4.69) is 32.4 Å². The Hall–Kier alpha value is -1.38. The molecule has 1 rings (SSSR count). The highest BCUT2D eigenvalue weighted by Crippen LogP contribution is 2.04. The van der Waals surface area contributed by atoms with Gasteiger partial charge in [0.15, 0.2) is 5.96 Å². The summed E-state index contributed by atoms with van der Waals surface area (Å²) in [7, 11) is 3.75. The number of hydrogen-bond donors (Lipinski definition) is 2. The average molecular weight is 433 g/mol. The predicted molar refractivity (Wildman–Crippen MR) is 107 cm³/mol. The minimum absolute atomic E-state index is 0. The van der Waals surface area contributed by atoms with Gasteiger partial charge in [0.2, 0.25) is 5.91 Å². The number of nitrogens with zero attached hydrogens (tertiary/aromatic N) is 3. The molecule has 2 N–H and O–H groups in total. The van der Waals surface area contributed by atoms with Crippen molar-refractivity contribution in [1.82, 2.24) is 15.2 Å². The molecule has 0 aliphatic rings. The summed E-state index contributed by atoms with van der Waals surface area (Å²) in [6.45, 7) is 5.62. The molecule has 0 unspecified atom stereocenters. The molecule has 6 nitrogen and oxygen atoms in total. The molecule has 1 aromatic heterocycles. The first-order valence-electron chi connectivity index (χ1n) is 7.71. The number of halogens is 1. The van der Waals surface area contributed by atoms with Gasteiger partial charge in [0.05, 0.1) is 0 Å². The van der Waals surface area contributed by atoms with E-state index in [-0.39, 0.29) is 29.9 Å². The van der Waals surface area contributed by atoms with Crippen molar-refractivity contribution in [3.8, 4) is 0 Å². The first-order valence-corrected chi connectivity index (χ1v) is 7.71. The van der Waals surface area contributed by atoms with Gasteiger partial charge in [-0.05, 0) is 25.0 Å². The van der Waals surface area contributed by atoms with E-state index in [4.69, 9.17) is 0 Å². The van der Waals surface area contributed by atoms with Crippen LogP contribution in [0.3, 0.4) is 0 Å². The summed E-state index contributed by atoms with van der Waals surface area (Å²) < 4.78 is 0.